The summed E-state index contributed by atoms with van der Waals surface area (Å²) in [4.78, 5) is 17.6. The third-order valence-electron chi connectivity index (χ3n) is 4.54. The number of amides is 1. The van der Waals surface area contributed by atoms with E-state index in [1.807, 2.05) is 23.7 Å². The fourth-order valence-corrected chi connectivity index (χ4v) is 4.03. The molecule has 1 N–H and O–H groups in total. The molecule has 0 bridgehead atoms. The van der Waals surface area contributed by atoms with Gasteiger partial charge in [-0.2, -0.15) is 5.10 Å². The number of fused-ring (bicyclic) bond motifs is 3. The minimum Gasteiger partial charge on any atom is -0.352 e. The third-order valence-corrected chi connectivity index (χ3v) is 5.55. The van der Waals surface area contributed by atoms with E-state index in [9.17, 15) is 9.18 Å². The molecule has 5 nitrogen and oxygen atoms in total. The van der Waals surface area contributed by atoms with Crippen LogP contribution in [0.5, 0.6) is 0 Å². The number of thioether (sulfide) groups is 1. The number of aryl methyl sites for hydroxylation is 2. The summed E-state index contributed by atoms with van der Waals surface area (Å²) in [6, 6.07) is 8.27. The van der Waals surface area contributed by atoms with Crippen LogP contribution in [0.1, 0.15) is 23.4 Å². The minimum absolute atomic E-state index is 0.00301. The Kier molecular flexibility index (Phi) is 4.63. The molecule has 0 aliphatic heterocycles. The van der Waals surface area contributed by atoms with Gasteiger partial charge in [0.05, 0.1) is 11.4 Å². The molecule has 1 amide bonds. The van der Waals surface area contributed by atoms with Gasteiger partial charge in [0.2, 0.25) is 5.91 Å². The number of aromatic nitrogens is 3. The highest BCUT2D eigenvalue weighted by Gasteiger charge is 2.23. The summed E-state index contributed by atoms with van der Waals surface area (Å²) in [5.41, 5.74) is 4.16. The molecule has 1 aromatic carbocycles. The molecule has 2 aromatic heterocycles. The highest BCUT2D eigenvalue weighted by Crippen LogP contribution is 2.23. The van der Waals surface area contributed by atoms with Crippen LogP contribution >= 0.6 is 11.8 Å². The van der Waals surface area contributed by atoms with Gasteiger partial charge in [-0.05, 0) is 56.0 Å². The molecule has 26 heavy (non-hydrogen) atoms. The van der Waals surface area contributed by atoms with E-state index in [0.717, 1.165) is 41.1 Å². The maximum absolute atomic E-state index is 12.9. The lowest BCUT2D eigenvalue weighted by molar-refractivity contribution is -0.119. The van der Waals surface area contributed by atoms with Crippen LogP contribution in [0.2, 0.25) is 0 Å². The maximum atomic E-state index is 12.9. The zero-order chi connectivity index (χ0) is 18.1. The van der Waals surface area contributed by atoms with Gasteiger partial charge in [0.1, 0.15) is 5.82 Å². The van der Waals surface area contributed by atoms with E-state index in [1.165, 1.54) is 29.6 Å². The Morgan fingerprint density at radius 1 is 1.38 bits per heavy atom. The summed E-state index contributed by atoms with van der Waals surface area (Å²) in [5.74, 6) is 0.0523. The van der Waals surface area contributed by atoms with Crippen LogP contribution in [-0.4, -0.2) is 32.3 Å². The zero-order valence-electron chi connectivity index (χ0n) is 14.4. The van der Waals surface area contributed by atoms with Gasteiger partial charge in [0.25, 0.3) is 0 Å². The molecule has 3 aromatic rings. The monoisotopic (exact) mass is 370 g/mol. The second-order valence-electron chi connectivity index (χ2n) is 6.54. The van der Waals surface area contributed by atoms with Gasteiger partial charge in [0.15, 0.2) is 5.65 Å². The Morgan fingerprint density at radius 3 is 3.00 bits per heavy atom. The highest BCUT2D eigenvalue weighted by atomic mass is 32.2. The van der Waals surface area contributed by atoms with E-state index in [1.54, 1.807) is 12.1 Å². The molecule has 134 valence electrons. The van der Waals surface area contributed by atoms with Crippen LogP contribution in [-0.2, 0) is 17.6 Å². The molecule has 1 atom stereocenters. The Bertz CT molecular complexity index is 954. The standard InChI is InChI=1S/C19H19FN4OS/c1-12-8-18-21-10-13-9-15(4-7-17(13)24(18)23-12)22-19(25)11-26-16-5-2-14(20)3-6-16/h2-3,5-6,8,10,15H,4,7,9,11H2,1H3,(H,22,25). The predicted molar refractivity (Wildman–Crippen MR) is 98.8 cm³/mol. The molecule has 2 heterocycles. The fourth-order valence-electron chi connectivity index (χ4n) is 3.32. The van der Waals surface area contributed by atoms with Gasteiger partial charge in [-0.3, -0.25) is 4.79 Å². The Balaban J connectivity index is 1.37. The summed E-state index contributed by atoms with van der Waals surface area (Å²) < 4.78 is 14.8. The second kappa shape index (κ2) is 7.07. The molecular formula is C19H19FN4OS. The molecule has 4 rings (SSSR count). The van der Waals surface area contributed by atoms with E-state index in [4.69, 9.17) is 0 Å². The molecule has 0 saturated carbocycles. The van der Waals surface area contributed by atoms with Gasteiger partial charge in [-0.25, -0.2) is 13.9 Å². The molecule has 0 fully saturated rings. The largest absolute Gasteiger partial charge is 0.352 e. The quantitative estimate of drug-likeness (QED) is 0.718. The number of nitrogens with zero attached hydrogens (tertiary/aromatic N) is 3. The molecule has 0 radical (unpaired) electrons. The van der Waals surface area contributed by atoms with Crippen LogP contribution < -0.4 is 5.32 Å². The Morgan fingerprint density at radius 2 is 2.19 bits per heavy atom. The molecule has 1 unspecified atom stereocenters. The number of halogens is 1. The minimum atomic E-state index is -0.269. The number of carbonyl (C=O) groups excluding carboxylic acids is 1. The van der Waals surface area contributed by atoms with Crippen LogP contribution in [0.15, 0.2) is 41.4 Å². The van der Waals surface area contributed by atoms with E-state index in [2.05, 4.69) is 15.4 Å². The Labute approximate surface area is 155 Å². The lowest BCUT2D eigenvalue weighted by Gasteiger charge is -2.25. The van der Waals surface area contributed by atoms with Crippen molar-refractivity contribution in [1.29, 1.82) is 0 Å². The maximum Gasteiger partial charge on any atom is 0.230 e. The normalized spacial score (nSPS) is 16.5. The lowest BCUT2D eigenvalue weighted by Crippen LogP contribution is -2.40. The summed E-state index contributed by atoms with van der Waals surface area (Å²) >= 11 is 1.41. The summed E-state index contributed by atoms with van der Waals surface area (Å²) in [6.45, 7) is 1.96. The van der Waals surface area contributed by atoms with Crippen molar-refractivity contribution in [2.45, 2.75) is 37.1 Å². The first-order chi connectivity index (χ1) is 12.6. The fraction of sp³-hybridized carbons (Fsp3) is 0.316. The SMILES string of the molecule is Cc1cc2ncc3c(n2n1)CCC(NC(=O)CSc1ccc(F)cc1)C3. The van der Waals surface area contributed by atoms with Crippen molar-refractivity contribution in [2.24, 2.45) is 0 Å². The summed E-state index contributed by atoms with van der Waals surface area (Å²) in [5, 5.41) is 7.62. The van der Waals surface area contributed by atoms with Crippen molar-refractivity contribution in [3.05, 3.63) is 59.3 Å². The number of benzene rings is 1. The molecular weight excluding hydrogens is 351 g/mol. The smallest absolute Gasteiger partial charge is 0.230 e. The van der Waals surface area contributed by atoms with Gasteiger partial charge in [0, 0.05) is 28.9 Å². The molecule has 7 heteroatoms. The van der Waals surface area contributed by atoms with Crippen LogP contribution in [0, 0.1) is 12.7 Å². The van der Waals surface area contributed by atoms with Crippen molar-refractivity contribution in [3.63, 3.8) is 0 Å². The van der Waals surface area contributed by atoms with Gasteiger partial charge in [-0.15, -0.1) is 11.8 Å². The van der Waals surface area contributed by atoms with E-state index >= 15 is 0 Å². The average molecular weight is 370 g/mol. The van der Waals surface area contributed by atoms with Crippen LogP contribution in [0.3, 0.4) is 0 Å². The zero-order valence-corrected chi connectivity index (χ0v) is 15.2. The molecule has 0 saturated heterocycles. The first-order valence-electron chi connectivity index (χ1n) is 8.59. The van der Waals surface area contributed by atoms with E-state index in [0.29, 0.717) is 5.75 Å². The topological polar surface area (TPSA) is 59.3 Å². The number of hydrogen-bond donors (Lipinski definition) is 1. The average Bonchev–Trinajstić information content (AvgIpc) is 3.02. The third kappa shape index (κ3) is 3.58. The number of carbonyl (C=O) groups is 1. The van der Waals surface area contributed by atoms with Gasteiger partial charge >= 0.3 is 0 Å². The molecule has 1 aliphatic rings. The lowest BCUT2D eigenvalue weighted by atomic mass is 9.93. The van der Waals surface area contributed by atoms with Crippen molar-refractivity contribution in [2.75, 3.05) is 5.75 Å². The number of rotatable bonds is 4. The van der Waals surface area contributed by atoms with Crippen molar-refractivity contribution in [1.82, 2.24) is 19.9 Å². The summed E-state index contributed by atoms with van der Waals surface area (Å²) in [7, 11) is 0. The summed E-state index contributed by atoms with van der Waals surface area (Å²) in [6.07, 6.45) is 4.42. The van der Waals surface area contributed by atoms with Gasteiger partial charge in [-0.1, -0.05) is 0 Å². The first-order valence-corrected chi connectivity index (χ1v) is 9.58. The number of hydrogen-bond acceptors (Lipinski definition) is 4. The van der Waals surface area contributed by atoms with Crippen molar-refractivity contribution >= 4 is 23.3 Å². The van der Waals surface area contributed by atoms with Crippen LogP contribution in [0.25, 0.3) is 5.65 Å². The first kappa shape index (κ1) is 17.0. The van der Waals surface area contributed by atoms with E-state index < -0.39 is 0 Å². The van der Waals surface area contributed by atoms with Gasteiger partial charge < -0.3 is 5.32 Å². The second-order valence-corrected chi connectivity index (χ2v) is 7.58. The van der Waals surface area contributed by atoms with Crippen molar-refractivity contribution in [3.8, 4) is 0 Å². The predicted octanol–water partition coefficient (Wildman–Crippen LogP) is 2.94. The van der Waals surface area contributed by atoms with Crippen LogP contribution in [0.4, 0.5) is 4.39 Å². The Hall–Kier alpha value is -2.41. The molecule has 1 aliphatic carbocycles. The highest BCUT2D eigenvalue weighted by molar-refractivity contribution is 8.00. The molecule has 0 spiro atoms. The van der Waals surface area contributed by atoms with E-state index in [-0.39, 0.29) is 17.8 Å². The van der Waals surface area contributed by atoms with Crippen molar-refractivity contribution < 1.29 is 9.18 Å². The number of nitrogens with one attached hydrogen (secondary N) is 1.